The van der Waals surface area contributed by atoms with Crippen molar-refractivity contribution >= 4 is 51.1 Å². The van der Waals surface area contributed by atoms with Gasteiger partial charge in [-0.3, -0.25) is 28.9 Å². The number of carbonyl (C=O) groups is 3. The maximum absolute atomic E-state index is 13.6. The number of hydrogen-bond acceptors (Lipinski definition) is 10. The summed E-state index contributed by atoms with van der Waals surface area (Å²) < 4.78 is 9.50. The Morgan fingerprint density at radius 3 is 1.79 bits per heavy atom. The van der Waals surface area contributed by atoms with Crippen molar-refractivity contribution in [2.45, 2.75) is 135 Å². The predicted octanol–water partition coefficient (Wildman–Crippen LogP) is 7.30. The molecule has 0 saturated carbocycles. The Morgan fingerprint density at radius 1 is 0.714 bits per heavy atom. The molecule has 12 rings (SSSR count). The van der Waals surface area contributed by atoms with Crippen molar-refractivity contribution in [1.82, 2.24) is 39.6 Å². The van der Waals surface area contributed by atoms with E-state index < -0.39 is 5.60 Å². The van der Waals surface area contributed by atoms with Crippen LogP contribution in [0.25, 0.3) is 21.8 Å². The van der Waals surface area contributed by atoms with Gasteiger partial charge >= 0.3 is 6.09 Å². The summed E-state index contributed by atoms with van der Waals surface area (Å²) in [6.07, 6.45) is 15.5. The molecule has 2 aromatic carbocycles. The predicted molar refractivity (Wildman–Crippen MR) is 273 cm³/mol. The van der Waals surface area contributed by atoms with E-state index in [0.717, 1.165) is 109 Å². The molecule has 0 spiro atoms. The summed E-state index contributed by atoms with van der Waals surface area (Å²) in [6, 6.07) is 14.4. The fourth-order valence-electron chi connectivity index (χ4n) is 12.7. The molecule has 372 valence electrons. The van der Waals surface area contributed by atoms with Crippen molar-refractivity contribution in [3.63, 3.8) is 0 Å². The summed E-state index contributed by atoms with van der Waals surface area (Å²) in [6.45, 7) is 12.1. The average molecular weight is 953 g/mol. The summed E-state index contributed by atoms with van der Waals surface area (Å²) >= 11 is 0. The van der Waals surface area contributed by atoms with Crippen molar-refractivity contribution in [2.75, 3.05) is 45.9 Å². The van der Waals surface area contributed by atoms with Gasteiger partial charge in [0.15, 0.2) is 0 Å². The van der Waals surface area contributed by atoms with Crippen molar-refractivity contribution in [1.29, 1.82) is 0 Å². The molecule has 8 aliphatic heterocycles. The zero-order valence-corrected chi connectivity index (χ0v) is 42.1. The quantitative estimate of drug-likeness (QED) is 0.204. The summed E-state index contributed by atoms with van der Waals surface area (Å²) in [7, 11) is 3.92. The first-order valence-corrected chi connectivity index (χ1v) is 26.0. The minimum absolute atomic E-state index is 0.104. The van der Waals surface area contributed by atoms with Gasteiger partial charge in [0.05, 0.1) is 47.9 Å². The lowest BCUT2D eigenvalue weighted by Crippen LogP contribution is -2.51. The van der Waals surface area contributed by atoms with Crippen molar-refractivity contribution in [2.24, 2.45) is 35.9 Å². The number of nitrogens with zero attached hydrogens (tertiary/aromatic N) is 9. The summed E-state index contributed by atoms with van der Waals surface area (Å²) in [5.74, 6) is 1.22. The molecule has 8 aliphatic rings. The maximum atomic E-state index is 13.6. The molecule has 3 amide bonds. The normalized spacial score (nSPS) is 25.8. The molecule has 4 saturated heterocycles. The number of fused-ring (bicyclic) bond motifs is 6. The fraction of sp³-hybridized carbons (Fsp3) is 0.582. The first-order chi connectivity index (χ1) is 33.7. The number of benzene rings is 2. The third-order valence-corrected chi connectivity index (χ3v) is 16.3. The van der Waals surface area contributed by atoms with Gasteiger partial charge in [-0.1, -0.05) is 12.1 Å². The Morgan fingerprint density at radius 2 is 1.23 bits per heavy atom. The molecule has 2 unspecified atom stereocenters. The van der Waals surface area contributed by atoms with Gasteiger partial charge in [0.25, 0.3) is 0 Å². The minimum Gasteiger partial charge on any atom is -0.444 e. The summed E-state index contributed by atoms with van der Waals surface area (Å²) in [5.41, 5.74) is 11.3. The van der Waals surface area contributed by atoms with Crippen LogP contribution in [0.3, 0.4) is 0 Å². The van der Waals surface area contributed by atoms with Crippen molar-refractivity contribution in [3.05, 3.63) is 82.2 Å². The molecule has 10 heterocycles. The van der Waals surface area contributed by atoms with Crippen LogP contribution in [0.1, 0.15) is 116 Å². The van der Waals surface area contributed by atoms with Gasteiger partial charge in [0.1, 0.15) is 5.60 Å². The van der Waals surface area contributed by atoms with Crippen LogP contribution in [-0.4, -0.2) is 144 Å². The van der Waals surface area contributed by atoms with Crippen LogP contribution in [-0.2, 0) is 28.4 Å². The monoisotopic (exact) mass is 953 g/mol. The number of hydrogen-bond donors (Lipinski definition) is 2. The van der Waals surface area contributed by atoms with Crippen LogP contribution in [0.15, 0.2) is 81.1 Å². The van der Waals surface area contributed by atoms with E-state index in [1.165, 1.54) is 48.0 Å². The Bertz CT molecular complexity index is 2790. The molecule has 15 heteroatoms. The molecular weight excluding hydrogens is 881 g/mol. The number of rotatable bonds is 6. The van der Waals surface area contributed by atoms with Gasteiger partial charge in [-0.05, 0) is 150 Å². The maximum Gasteiger partial charge on any atom is 0.410 e. The second-order valence-electron chi connectivity index (χ2n) is 21.8. The number of aryl methyl sites for hydroxylation is 2. The highest BCUT2D eigenvalue weighted by molar-refractivity contribution is 6.17. The number of piperidine rings is 2. The summed E-state index contributed by atoms with van der Waals surface area (Å²) in [4.78, 5) is 55.5. The molecule has 4 fully saturated rings. The number of aliphatic hydroxyl groups excluding tert-OH is 1. The lowest BCUT2D eigenvalue weighted by molar-refractivity contribution is -0.133. The Balaban J connectivity index is 0.000000156. The van der Waals surface area contributed by atoms with Gasteiger partial charge in [-0.15, -0.1) is 0 Å². The van der Waals surface area contributed by atoms with E-state index in [2.05, 4.69) is 56.8 Å². The second-order valence-corrected chi connectivity index (χ2v) is 21.8. The molecule has 2 aromatic heterocycles. The van der Waals surface area contributed by atoms with Gasteiger partial charge in [-0.25, -0.2) is 4.79 Å². The zero-order chi connectivity index (χ0) is 48.8. The van der Waals surface area contributed by atoms with E-state index in [4.69, 9.17) is 19.8 Å². The first-order valence-electron chi connectivity index (χ1n) is 26.0. The van der Waals surface area contributed by atoms with Crippen LogP contribution in [0.5, 0.6) is 0 Å². The molecular formula is C55H72N10O5. The van der Waals surface area contributed by atoms with Crippen molar-refractivity contribution < 1.29 is 24.2 Å². The number of amides is 3. The van der Waals surface area contributed by atoms with Gasteiger partial charge < -0.3 is 29.9 Å². The third-order valence-electron chi connectivity index (χ3n) is 16.3. The van der Waals surface area contributed by atoms with Gasteiger partial charge in [-0.2, -0.15) is 10.2 Å². The number of nitrogens with one attached hydrogen (secondary N) is 1. The number of ether oxygens (including phenoxy) is 1. The first kappa shape index (κ1) is 48.0. The minimum atomic E-state index is -0.513. The molecule has 0 aliphatic carbocycles. The standard InChI is InChI=1S/C29H37N5O3.C24H29N5O.C2H6O/c1-29(2,3)37-28(36)34-22-7-5-18(25(34)10-8-22)14-26(35)33-12-11-20-15-30-27(23(20)17-33)19-6-9-24-21(13-19)16-31-32(24)4;1-28-22-7-3-16(10-18(22)13-26-28)24-20-14-29(9-8-17(20)12-25-24)23(30)11-15-2-4-19-5-6-21(15)27-19;1-2-3/h6,9,13,16,18,22,25H,5,7-8,10-12,14-15,17H2,1-4H3;3,7,10,13,15,19,21,27H,2,4-6,8-9,11-12,14H2,1H3;3H,2H2,1H3/t18?,22-,25-;15?,19-,21-;/m00./s1. The Hall–Kier alpha value is -5.67. The molecule has 15 nitrogen and oxygen atoms in total. The van der Waals surface area contributed by atoms with Crippen LogP contribution in [0.4, 0.5) is 4.79 Å². The van der Waals surface area contributed by atoms with Crippen molar-refractivity contribution in [3.8, 4) is 0 Å². The van der Waals surface area contributed by atoms with Crippen LogP contribution in [0.2, 0.25) is 0 Å². The van der Waals surface area contributed by atoms with E-state index in [9.17, 15) is 14.4 Å². The molecule has 6 atom stereocenters. The molecule has 0 radical (unpaired) electrons. The lowest BCUT2D eigenvalue weighted by atomic mass is 9.86. The number of aliphatic hydroxyl groups is 1. The topological polar surface area (TPSA) is 163 Å². The van der Waals surface area contributed by atoms with E-state index in [1.807, 2.05) is 66.4 Å². The Kier molecular flexibility index (Phi) is 13.6. The highest BCUT2D eigenvalue weighted by Crippen LogP contribution is 2.42. The molecule has 70 heavy (non-hydrogen) atoms. The molecule has 4 aromatic rings. The van der Waals surface area contributed by atoms with E-state index in [0.29, 0.717) is 49.8 Å². The second kappa shape index (κ2) is 19.9. The average Bonchev–Trinajstić information content (AvgIpc) is 4.22. The lowest BCUT2D eigenvalue weighted by Gasteiger charge is -2.41. The van der Waals surface area contributed by atoms with E-state index >= 15 is 0 Å². The molecule has 2 N–H and O–H groups in total. The van der Waals surface area contributed by atoms with E-state index in [-0.39, 0.29) is 36.6 Å². The summed E-state index contributed by atoms with van der Waals surface area (Å²) in [5, 5.41) is 22.3. The van der Waals surface area contributed by atoms with Gasteiger partial charge in [0, 0.05) is 106 Å². The number of carbonyl (C=O) groups excluding carboxylic acids is 3. The largest absolute Gasteiger partial charge is 0.444 e. The molecule has 4 bridgehead atoms. The van der Waals surface area contributed by atoms with Crippen LogP contribution >= 0.6 is 0 Å². The number of aromatic nitrogens is 4. The van der Waals surface area contributed by atoms with Crippen LogP contribution < -0.4 is 5.32 Å². The third kappa shape index (κ3) is 9.72. The van der Waals surface area contributed by atoms with Gasteiger partial charge in [0.2, 0.25) is 11.8 Å². The van der Waals surface area contributed by atoms with Crippen LogP contribution in [0, 0.1) is 11.8 Å². The fourth-order valence-corrected chi connectivity index (χ4v) is 12.7. The smallest absolute Gasteiger partial charge is 0.410 e. The SMILES string of the molecule is CCO.Cn1ncc2cc(C3=NCC4=C3CN(C(=O)CC3CC[C@H]5CC[C@@H]3N5)CC4)ccc21.Cn1ncc2cc(C3=NCC4=C3CN(C(=O)CC3CC[C@H]5CC[C@@H]3N5C(=O)OC(C)(C)C)CC4)ccc21. The highest BCUT2D eigenvalue weighted by atomic mass is 16.6. The Labute approximate surface area is 412 Å². The zero-order valence-electron chi connectivity index (χ0n) is 42.1. The highest BCUT2D eigenvalue weighted by Gasteiger charge is 2.47. The van der Waals surface area contributed by atoms with E-state index in [1.54, 1.807) is 6.92 Å². The number of aliphatic imine (C=N–C) groups is 2.